The van der Waals surface area contributed by atoms with Gasteiger partial charge < -0.3 is 5.73 Å². The maximum atomic E-state index is 12.6. The Labute approximate surface area is 128 Å². The molecular formula is C11H12Br2N2O3S. The fourth-order valence-electron chi connectivity index (χ4n) is 2.12. The molecule has 5 nitrogen and oxygen atoms in total. The molecule has 8 heteroatoms. The molecule has 0 aliphatic carbocycles. The van der Waals surface area contributed by atoms with Crippen molar-refractivity contribution in [3.8, 4) is 0 Å². The number of nitrogens with two attached hydrogens (primary N) is 1. The van der Waals surface area contributed by atoms with Crippen molar-refractivity contribution in [3.05, 3.63) is 27.1 Å². The second-order valence-corrected chi connectivity index (χ2v) is 7.88. The molecule has 1 aromatic carbocycles. The number of carbonyl (C=O) groups is 1. The summed E-state index contributed by atoms with van der Waals surface area (Å²) in [5.41, 5.74) is 5.26. The highest BCUT2D eigenvalue weighted by Gasteiger charge is 2.39. The van der Waals surface area contributed by atoms with Crippen LogP contribution in [0.15, 0.2) is 32.0 Å². The van der Waals surface area contributed by atoms with Gasteiger partial charge in [0.25, 0.3) is 0 Å². The van der Waals surface area contributed by atoms with E-state index in [9.17, 15) is 13.2 Å². The standard InChI is InChI=1S/C11H12Br2N2O3S/c12-7-3-4-10(8(13)6-7)19(17,18)15-5-1-2-9(15)11(14)16/h3-4,6,9H,1-2,5H2,(H2,14,16). The predicted octanol–water partition coefficient (Wildman–Crippen LogP) is 1.85. The molecule has 19 heavy (non-hydrogen) atoms. The number of hydrogen-bond donors (Lipinski definition) is 1. The molecule has 1 atom stereocenters. The Hall–Kier alpha value is -0.440. The molecule has 0 saturated carbocycles. The first-order chi connectivity index (χ1) is 8.84. The lowest BCUT2D eigenvalue weighted by Gasteiger charge is -2.22. The highest BCUT2D eigenvalue weighted by Crippen LogP contribution is 2.31. The molecule has 1 saturated heterocycles. The second-order valence-electron chi connectivity index (χ2n) is 4.25. The first kappa shape index (κ1) is 15.0. The second kappa shape index (κ2) is 5.51. The van der Waals surface area contributed by atoms with Crippen LogP contribution in [0.5, 0.6) is 0 Å². The van der Waals surface area contributed by atoms with Gasteiger partial charge in [-0.15, -0.1) is 0 Å². The minimum absolute atomic E-state index is 0.142. The lowest BCUT2D eigenvalue weighted by molar-refractivity contribution is -0.121. The number of amides is 1. The van der Waals surface area contributed by atoms with E-state index < -0.39 is 22.0 Å². The molecule has 2 N–H and O–H groups in total. The van der Waals surface area contributed by atoms with Gasteiger partial charge in [0.15, 0.2) is 0 Å². The summed E-state index contributed by atoms with van der Waals surface area (Å²) in [5.74, 6) is -0.602. The van der Waals surface area contributed by atoms with Crippen molar-refractivity contribution in [2.45, 2.75) is 23.8 Å². The molecule has 1 aliphatic heterocycles. The van der Waals surface area contributed by atoms with E-state index in [4.69, 9.17) is 5.73 Å². The maximum absolute atomic E-state index is 12.6. The van der Waals surface area contributed by atoms with Gasteiger partial charge >= 0.3 is 0 Å². The van der Waals surface area contributed by atoms with Crippen LogP contribution in [-0.2, 0) is 14.8 Å². The Kier molecular flexibility index (Phi) is 4.34. The maximum Gasteiger partial charge on any atom is 0.244 e. The van der Waals surface area contributed by atoms with Crippen LogP contribution in [0.3, 0.4) is 0 Å². The Morgan fingerprint density at radius 2 is 2.05 bits per heavy atom. The van der Waals surface area contributed by atoms with Crippen LogP contribution in [0, 0.1) is 0 Å². The quantitative estimate of drug-likeness (QED) is 0.823. The Morgan fingerprint density at radius 3 is 2.63 bits per heavy atom. The molecule has 2 rings (SSSR count). The molecule has 0 radical (unpaired) electrons. The summed E-state index contributed by atoms with van der Waals surface area (Å²) in [7, 11) is -3.72. The SMILES string of the molecule is NC(=O)C1CCCN1S(=O)(=O)c1ccc(Br)cc1Br. The van der Waals surface area contributed by atoms with Crippen molar-refractivity contribution in [2.75, 3.05) is 6.54 Å². The van der Waals surface area contributed by atoms with E-state index in [1.165, 1.54) is 10.4 Å². The minimum atomic E-state index is -3.72. The summed E-state index contributed by atoms with van der Waals surface area (Å²) in [4.78, 5) is 11.5. The first-order valence-electron chi connectivity index (χ1n) is 5.60. The monoisotopic (exact) mass is 410 g/mol. The third kappa shape index (κ3) is 2.86. The summed E-state index contributed by atoms with van der Waals surface area (Å²) < 4.78 is 27.5. The van der Waals surface area contributed by atoms with Crippen molar-refractivity contribution in [1.29, 1.82) is 0 Å². The zero-order valence-corrected chi connectivity index (χ0v) is 13.8. The lowest BCUT2D eigenvalue weighted by Crippen LogP contribution is -2.43. The zero-order valence-electron chi connectivity index (χ0n) is 9.84. The van der Waals surface area contributed by atoms with Gasteiger partial charge in [-0.05, 0) is 47.0 Å². The van der Waals surface area contributed by atoms with Gasteiger partial charge in [0.05, 0.1) is 4.90 Å². The number of hydrogen-bond acceptors (Lipinski definition) is 3. The summed E-state index contributed by atoms with van der Waals surface area (Å²) in [6, 6.07) is 4.05. The molecular weight excluding hydrogens is 400 g/mol. The molecule has 1 aromatic rings. The molecule has 104 valence electrons. The normalized spacial score (nSPS) is 20.6. The Morgan fingerprint density at radius 1 is 1.37 bits per heavy atom. The van der Waals surface area contributed by atoms with E-state index in [1.54, 1.807) is 12.1 Å². The van der Waals surface area contributed by atoms with Gasteiger partial charge in [-0.3, -0.25) is 4.79 Å². The average molecular weight is 412 g/mol. The highest BCUT2D eigenvalue weighted by atomic mass is 79.9. The van der Waals surface area contributed by atoms with E-state index in [0.717, 1.165) is 4.47 Å². The number of primary amides is 1. The molecule has 1 amide bonds. The number of rotatable bonds is 3. The van der Waals surface area contributed by atoms with E-state index in [0.29, 0.717) is 23.9 Å². The van der Waals surface area contributed by atoms with Gasteiger partial charge in [0, 0.05) is 15.5 Å². The van der Waals surface area contributed by atoms with Crippen molar-refractivity contribution in [2.24, 2.45) is 5.73 Å². The fraction of sp³-hybridized carbons (Fsp3) is 0.364. The van der Waals surface area contributed by atoms with Crippen LogP contribution in [0.2, 0.25) is 0 Å². The van der Waals surface area contributed by atoms with Crippen molar-refractivity contribution >= 4 is 47.8 Å². The largest absolute Gasteiger partial charge is 0.368 e. The van der Waals surface area contributed by atoms with Gasteiger partial charge in [0.1, 0.15) is 6.04 Å². The summed E-state index contributed by atoms with van der Waals surface area (Å²) in [6.45, 7) is 0.318. The van der Waals surface area contributed by atoms with E-state index >= 15 is 0 Å². The third-order valence-corrected chi connectivity index (χ3v) is 6.39. The van der Waals surface area contributed by atoms with Crippen LogP contribution in [0.1, 0.15) is 12.8 Å². The minimum Gasteiger partial charge on any atom is -0.368 e. The molecule has 1 aliphatic rings. The van der Waals surface area contributed by atoms with E-state index in [2.05, 4.69) is 31.9 Å². The molecule has 1 fully saturated rings. The lowest BCUT2D eigenvalue weighted by atomic mass is 10.2. The smallest absolute Gasteiger partial charge is 0.244 e. The van der Waals surface area contributed by atoms with Crippen molar-refractivity contribution in [3.63, 3.8) is 0 Å². The van der Waals surface area contributed by atoms with Crippen molar-refractivity contribution < 1.29 is 13.2 Å². The molecule has 0 aromatic heterocycles. The number of carbonyl (C=O) groups excluding carboxylic acids is 1. The van der Waals surface area contributed by atoms with E-state index in [-0.39, 0.29) is 4.90 Å². The molecule has 0 bridgehead atoms. The first-order valence-corrected chi connectivity index (χ1v) is 8.63. The van der Waals surface area contributed by atoms with Gasteiger partial charge in [0.2, 0.25) is 15.9 Å². The zero-order chi connectivity index (χ0) is 14.2. The molecule has 1 unspecified atom stereocenters. The summed E-state index contributed by atoms with van der Waals surface area (Å²) in [6.07, 6.45) is 1.11. The van der Waals surface area contributed by atoms with Crippen molar-refractivity contribution in [1.82, 2.24) is 4.31 Å². The fourth-order valence-corrected chi connectivity index (χ4v) is 5.50. The number of halogens is 2. The number of nitrogens with zero attached hydrogens (tertiary/aromatic N) is 1. The number of benzene rings is 1. The third-order valence-electron chi connectivity index (χ3n) is 3.01. The van der Waals surface area contributed by atoms with Crippen LogP contribution in [0.4, 0.5) is 0 Å². The summed E-state index contributed by atoms with van der Waals surface area (Å²) >= 11 is 6.50. The van der Waals surface area contributed by atoms with Crippen LogP contribution < -0.4 is 5.73 Å². The van der Waals surface area contributed by atoms with Gasteiger partial charge in [-0.25, -0.2) is 8.42 Å². The topological polar surface area (TPSA) is 80.5 Å². The Balaban J connectivity index is 2.45. The summed E-state index contributed by atoms with van der Waals surface area (Å²) in [5, 5.41) is 0. The van der Waals surface area contributed by atoms with Crippen LogP contribution in [0.25, 0.3) is 0 Å². The number of sulfonamides is 1. The van der Waals surface area contributed by atoms with Gasteiger partial charge in [-0.2, -0.15) is 4.31 Å². The van der Waals surface area contributed by atoms with Gasteiger partial charge in [-0.1, -0.05) is 15.9 Å². The van der Waals surface area contributed by atoms with Crippen LogP contribution in [-0.4, -0.2) is 31.2 Å². The highest BCUT2D eigenvalue weighted by molar-refractivity contribution is 9.11. The average Bonchev–Trinajstić information content (AvgIpc) is 2.77. The molecule has 0 spiro atoms. The predicted molar refractivity (Wildman–Crippen MR) is 78.0 cm³/mol. The molecule has 1 heterocycles. The van der Waals surface area contributed by atoms with E-state index in [1.807, 2.05) is 0 Å². The Bertz CT molecular complexity index is 618. The van der Waals surface area contributed by atoms with Crippen LogP contribution >= 0.6 is 31.9 Å².